The van der Waals surface area contributed by atoms with E-state index in [0.717, 1.165) is 25.7 Å². The minimum absolute atomic E-state index is 0.00406. The van der Waals surface area contributed by atoms with Crippen LogP contribution in [0.5, 0.6) is 0 Å². The maximum Gasteiger partial charge on any atom is 0.244 e. The maximum absolute atomic E-state index is 12.9. The van der Waals surface area contributed by atoms with Gasteiger partial charge in [-0.15, -0.1) is 0 Å². The number of nitrogens with zero attached hydrogens (tertiary/aromatic N) is 2. The average Bonchev–Trinajstić information content (AvgIpc) is 2.79. The SMILES string of the molecule is N#Cc1ccccc1S(=O)(=O)N1CCC(C(=O)NCCC(=O)NC2CCCCC2)CC1. The van der Waals surface area contributed by atoms with E-state index >= 15 is 0 Å². The predicted octanol–water partition coefficient (Wildman–Crippen LogP) is 1.91. The van der Waals surface area contributed by atoms with Gasteiger partial charge in [0.1, 0.15) is 6.07 Å². The zero-order chi connectivity index (χ0) is 22.3. The predicted molar refractivity (Wildman–Crippen MR) is 115 cm³/mol. The summed E-state index contributed by atoms with van der Waals surface area (Å²) in [4.78, 5) is 24.5. The number of benzene rings is 1. The highest BCUT2D eigenvalue weighted by atomic mass is 32.2. The Kier molecular flexibility index (Phi) is 8.04. The second kappa shape index (κ2) is 10.7. The van der Waals surface area contributed by atoms with Crippen LogP contribution in [0, 0.1) is 17.2 Å². The van der Waals surface area contributed by atoms with Crippen molar-refractivity contribution in [1.29, 1.82) is 5.26 Å². The number of sulfonamides is 1. The van der Waals surface area contributed by atoms with E-state index in [-0.39, 0.29) is 60.3 Å². The summed E-state index contributed by atoms with van der Waals surface area (Å²) in [5, 5.41) is 15.0. The molecule has 3 rings (SSSR count). The second-order valence-corrected chi connectivity index (χ2v) is 10.1. The number of rotatable bonds is 7. The summed E-state index contributed by atoms with van der Waals surface area (Å²) in [6.07, 6.45) is 6.66. The number of nitrogens with one attached hydrogen (secondary N) is 2. The second-order valence-electron chi connectivity index (χ2n) is 8.23. The standard InChI is InChI=1S/C22H30N4O4S/c23-16-18-6-4-5-9-20(18)31(29,30)26-14-11-17(12-15-26)22(28)24-13-10-21(27)25-19-7-2-1-3-8-19/h4-6,9,17,19H,1-3,7-8,10-15H2,(H,24,28)(H,25,27). The number of carbonyl (C=O) groups excluding carboxylic acids is 2. The molecule has 1 heterocycles. The molecule has 0 aromatic heterocycles. The van der Waals surface area contributed by atoms with Crippen molar-refractivity contribution in [2.24, 2.45) is 5.92 Å². The van der Waals surface area contributed by atoms with Gasteiger partial charge in [-0.25, -0.2) is 8.42 Å². The first kappa shape index (κ1) is 23.2. The van der Waals surface area contributed by atoms with E-state index in [1.807, 2.05) is 6.07 Å². The van der Waals surface area contributed by atoms with Gasteiger partial charge in [-0.05, 0) is 37.8 Å². The summed E-state index contributed by atoms with van der Waals surface area (Å²) in [5.74, 6) is -0.455. The van der Waals surface area contributed by atoms with Crippen molar-refractivity contribution >= 4 is 21.8 Å². The van der Waals surface area contributed by atoms with Gasteiger partial charge in [-0.2, -0.15) is 9.57 Å². The maximum atomic E-state index is 12.9. The van der Waals surface area contributed by atoms with Crippen LogP contribution in [0.3, 0.4) is 0 Å². The Balaban J connectivity index is 1.43. The third kappa shape index (κ3) is 6.05. The van der Waals surface area contributed by atoms with Gasteiger partial charge in [-0.3, -0.25) is 9.59 Å². The van der Waals surface area contributed by atoms with Crippen molar-refractivity contribution in [3.05, 3.63) is 29.8 Å². The molecule has 0 bridgehead atoms. The number of carbonyl (C=O) groups is 2. The highest BCUT2D eigenvalue weighted by Crippen LogP contribution is 2.25. The van der Waals surface area contributed by atoms with Gasteiger partial charge in [0.15, 0.2) is 0 Å². The highest BCUT2D eigenvalue weighted by molar-refractivity contribution is 7.89. The summed E-state index contributed by atoms with van der Waals surface area (Å²) in [6, 6.07) is 8.33. The number of hydrogen-bond donors (Lipinski definition) is 2. The van der Waals surface area contributed by atoms with E-state index in [9.17, 15) is 23.3 Å². The Morgan fingerprint density at radius 3 is 2.42 bits per heavy atom. The van der Waals surface area contributed by atoms with Crippen LogP contribution < -0.4 is 10.6 Å². The zero-order valence-electron chi connectivity index (χ0n) is 17.7. The molecule has 2 fully saturated rings. The first-order chi connectivity index (χ1) is 14.9. The molecule has 0 spiro atoms. The van der Waals surface area contributed by atoms with Crippen LogP contribution >= 0.6 is 0 Å². The van der Waals surface area contributed by atoms with Crippen molar-refractivity contribution < 1.29 is 18.0 Å². The van der Waals surface area contributed by atoms with Crippen LogP contribution in [0.1, 0.15) is 56.9 Å². The van der Waals surface area contributed by atoms with Gasteiger partial charge in [0.25, 0.3) is 0 Å². The summed E-state index contributed by atoms with van der Waals surface area (Å²) >= 11 is 0. The normalized spacial score (nSPS) is 18.8. The third-order valence-electron chi connectivity index (χ3n) is 6.07. The molecule has 9 heteroatoms. The van der Waals surface area contributed by atoms with Gasteiger partial charge >= 0.3 is 0 Å². The van der Waals surface area contributed by atoms with Gasteiger partial charge in [0, 0.05) is 38.0 Å². The van der Waals surface area contributed by atoms with Crippen molar-refractivity contribution in [3.63, 3.8) is 0 Å². The number of piperidine rings is 1. The Labute approximate surface area is 184 Å². The molecule has 2 amide bonds. The van der Waals surface area contributed by atoms with E-state index < -0.39 is 10.0 Å². The molecule has 1 aromatic rings. The Hall–Kier alpha value is -2.44. The smallest absolute Gasteiger partial charge is 0.244 e. The van der Waals surface area contributed by atoms with Crippen LogP contribution in [-0.2, 0) is 19.6 Å². The lowest BCUT2D eigenvalue weighted by Gasteiger charge is -2.30. The van der Waals surface area contributed by atoms with Crippen LogP contribution in [0.25, 0.3) is 0 Å². The summed E-state index contributed by atoms with van der Waals surface area (Å²) in [6.45, 7) is 0.732. The average molecular weight is 447 g/mol. The fourth-order valence-electron chi connectivity index (χ4n) is 4.27. The number of nitriles is 1. The molecule has 0 unspecified atom stereocenters. The first-order valence-corrected chi connectivity index (χ1v) is 12.4. The molecule has 0 radical (unpaired) electrons. The van der Waals surface area contributed by atoms with E-state index in [1.54, 1.807) is 12.1 Å². The molecule has 8 nitrogen and oxygen atoms in total. The minimum atomic E-state index is -3.77. The Morgan fingerprint density at radius 1 is 1.06 bits per heavy atom. The van der Waals surface area contributed by atoms with Gasteiger partial charge in [0.05, 0.1) is 10.5 Å². The monoisotopic (exact) mass is 446 g/mol. The van der Waals surface area contributed by atoms with Crippen molar-refractivity contribution in [2.45, 2.75) is 62.3 Å². The lowest BCUT2D eigenvalue weighted by molar-refractivity contribution is -0.126. The summed E-state index contributed by atoms with van der Waals surface area (Å²) < 4.78 is 27.1. The lowest BCUT2D eigenvalue weighted by atomic mass is 9.95. The van der Waals surface area contributed by atoms with Crippen LogP contribution in [0.15, 0.2) is 29.2 Å². The topological polar surface area (TPSA) is 119 Å². The summed E-state index contributed by atoms with van der Waals surface area (Å²) in [5.41, 5.74) is 0.119. The largest absolute Gasteiger partial charge is 0.355 e. The van der Waals surface area contributed by atoms with Gasteiger partial charge < -0.3 is 10.6 Å². The third-order valence-corrected chi connectivity index (χ3v) is 8.03. The fraction of sp³-hybridized carbons (Fsp3) is 0.591. The molecule has 168 valence electrons. The van der Waals surface area contributed by atoms with Crippen LogP contribution in [-0.4, -0.2) is 50.2 Å². The first-order valence-electron chi connectivity index (χ1n) is 11.0. The molecule has 2 aliphatic rings. The lowest BCUT2D eigenvalue weighted by Crippen LogP contribution is -2.44. The quantitative estimate of drug-likeness (QED) is 0.663. The molecule has 31 heavy (non-hydrogen) atoms. The van der Waals surface area contributed by atoms with E-state index in [0.29, 0.717) is 12.8 Å². The number of amides is 2. The fourth-order valence-corrected chi connectivity index (χ4v) is 5.88. The minimum Gasteiger partial charge on any atom is -0.355 e. The molecule has 1 saturated carbocycles. The van der Waals surface area contributed by atoms with Crippen molar-refractivity contribution in [3.8, 4) is 6.07 Å². The molecule has 1 saturated heterocycles. The molecule has 1 aliphatic carbocycles. The van der Waals surface area contributed by atoms with Gasteiger partial charge in [-0.1, -0.05) is 31.4 Å². The zero-order valence-corrected chi connectivity index (χ0v) is 18.5. The highest BCUT2D eigenvalue weighted by Gasteiger charge is 2.33. The Morgan fingerprint density at radius 2 is 1.74 bits per heavy atom. The van der Waals surface area contributed by atoms with Crippen molar-refractivity contribution in [1.82, 2.24) is 14.9 Å². The Bertz CT molecular complexity index is 927. The molecule has 0 atom stereocenters. The van der Waals surface area contributed by atoms with E-state index in [4.69, 9.17) is 0 Å². The van der Waals surface area contributed by atoms with E-state index in [1.165, 1.54) is 22.9 Å². The van der Waals surface area contributed by atoms with Gasteiger partial charge in [0.2, 0.25) is 21.8 Å². The number of hydrogen-bond acceptors (Lipinski definition) is 5. The molecule has 1 aromatic carbocycles. The van der Waals surface area contributed by atoms with Crippen molar-refractivity contribution in [2.75, 3.05) is 19.6 Å². The molecule has 2 N–H and O–H groups in total. The summed E-state index contributed by atoms with van der Waals surface area (Å²) in [7, 11) is -3.77. The molecular weight excluding hydrogens is 416 g/mol. The van der Waals surface area contributed by atoms with E-state index in [2.05, 4.69) is 10.6 Å². The van der Waals surface area contributed by atoms with Crippen LogP contribution in [0.2, 0.25) is 0 Å². The molecule has 1 aliphatic heterocycles. The van der Waals surface area contributed by atoms with Crippen LogP contribution in [0.4, 0.5) is 0 Å². The molecular formula is C22H30N4O4S.